The average Bonchev–Trinajstić information content (AvgIpc) is 2.37. The second-order valence-electron chi connectivity index (χ2n) is 5.67. The van der Waals surface area contributed by atoms with Crippen molar-refractivity contribution in [1.29, 1.82) is 0 Å². The Labute approximate surface area is 120 Å². The minimum Gasteiger partial charge on any atom is -0.300 e. The molecule has 0 aliphatic carbocycles. The van der Waals surface area contributed by atoms with Gasteiger partial charge in [0, 0.05) is 12.8 Å². The first kappa shape index (κ1) is 18.1. The Morgan fingerprint density at radius 2 is 1.53 bits per heavy atom. The van der Waals surface area contributed by atoms with E-state index in [0.29, 0.717) is 11.7 Å². The number of hydrogen-bond donors (Lipinski definition) is 0. The van der Waals surface area contributed by atoms with Gasteiger partial charge >= 0.3 is 0 Å². The Kier molecular flexibility index (Phi) is 13.0. The summed E-state index contributed by atoms with van der Waals surface area (Å²) in [6.45, 7) is 9.57. The van der Waals surface area contributed by atoms with E-state index >= 15 is 0 Å². The summed E-state index contributed by atoms with van der Waals surface area (Å²) >= 11 is 0. The van der Waals surface area contributed by atoms with Gasteiger partial charge in [0.2, 0.25) is 0 Å². The fourth-order valence-corrected chi connectivity index (χ4v) is 2.35. The molecule has 0 amide bonds. The molecule has 0 unspecified atom stereocenters. The summed E-state index contributed by atoms with van der Waals surface area (Å²) in [5, 5.41) is 0. The van der Waals surface area contributed by atoms with Crippen molar-refractivity contribution in [2.45, 2.75) is 77.6 Å². The van der Waals surface area contributed by atoms with Gasteiger partial charge in [-0.3, -0.25) is 4.79 Å². The normalized spacial score (nSPS) is 12.1. The first-order chi connectivity index (χ1) is 9.20. The smallest absolute Gasteiger partial charge is 0.133 e. The number of hydrogen-bond acceptors (Lipinski definition) is 1. The van der Waals surface area contributed by atoms with Gasteiger partial charge in [0.05, 0.1) is 0 Å². The number of carbonyl (C=O) groups is 1. The van der Waals surface area contributed by atoms with Crippen LogP contribution < -0.4 is 0 Å². The van der Waals surface area contributed by atoms with Crippen molar-refractivity contribution in [3.8, 4) is 0 Å². The molecule has 0 fully saturated rings. The Balaban J connectivity index is 3.27. The third kappa shape index (κ3) is 13.4. The quantitative estimate of drug-likeness (QED) is 0.284. The molecule has 0 bridgehead atoms. The van der Waals surface area contributed by atoms with Gasteiger partial charge < -0.3 is 0 Å². The molecule has 0 aromatic heterocycles. The van der Waals surface area contributed by atoms with E-state index in [0.717, 1.165) is 32.1 Å². The van der Waals surface area contributed by atoms with Crippen molar-refractivity contribution in [3.63, 3.8) is 0 Å². The van der Waals surface area contributed by atoms with E-state index in [2.05, 4.69) is 20.1 Å². The number of unbranched alkanes of at least 4 members (excludes halogenated alkanes) is 7. The maximum Gasteiger partial charge on any atom is 0.133 e. The van der Waals surface area contributed by atoms with Gasteiger partial charge in [-0.2, -0.15) is 0 Å². The molecular formula is C18H32O. The second-order valence-corrected chi connectivity index (χ2v) is 5.67. The van der Waals surface area contributed by atoms with E-state index in [1.54, 1.807) is 0 Å². The lowest BCUT2D eigenvalue weighted by Crippen LogP contribution is -2.04. The summed E-state index contributed by atoms with van der Waals surface area (Å²) in [5.74, 6) is 0.898. The Morgan fingerprint density at radius 1 is 0.947 bits per heavy atom. The van der Waals surface area contributed by atoms with E-state index < -0.39 is 0 Å². The van der Waals surface area contributed by atoms with Crippen LogP contribution in [0, 0.1) is 5.92 Å². The first-order valence-electron chi connectivity index (χ1n) is 7.94. The molecule has 0 saturated heterocycles. The van der Waals surface area contributed by atoms with Crippen LogP contribution in [0.2, 0.25) is 0 Å². The van der Waals surface area contributed by atoms with Crippen molar-refractivity contribution >= 4 is 5.78 Å². The molecule has 0 N–H and O–H groups in total. The lowest BCUT2D eigenvalue weighted by Gasteiger charge is -2.07. The van der Waals surface area contributed by atoms with Gasteiger partial charge in [0.1, 0.15) is 5.78 Å². The largest absolute Gasteiger partial charge is 0.300 e. The number of ketones is 1. The zero-order valence-corrected chi connectivity index (χ0v) is 12.8. The van der Waals surface area contributed by atoms with Gasteiger partial charge in [0.15, 0.2) is 0 Å². The summed E-state index contributed by atoms with van der Waals surface area (Å²) in [6, 6.07) is 0. The lowest BCUT2D eigenvalue weighted by atomic mass is 9.98. The number of Topliss-reactive ketones (excluding diaryl/α,β-unsaturated/α-hetero) is 1. The third-order valence-corrected chi connectivity index (χ3v) is 3.51. The topological polar surface area (TPSA) is 17.1 Å². The fraction of sp³-hybridized carbons (Fsp3) is 0.722. The lowest BCUT2D eigenvalue weighted by molar-refractivity contribution is -0.119. The molecule has 0 heterocycles. The molecule has 1 nitrogen and oxygen atoms in total. The average molecular weight is 264 g/mol. The van der Waals surface area contributed by atoms with Crippen LogP contribution in [-0.2, 0) is 4.79 Å². The van der Waals surface area contributed by atoms with Crippen molar-refractivity contribution < 1.29 is 4.79 Å². The van der Waals surface area contributed by atoms with Gasteiger partial charge in [-0.1, -0.05) is 51.2 Å². The number of carbonyl (C=O) groups excluding carboxylic acids is 1. The molecule has 19 heavy (non-hydrogen) atoms. The zero-order valence-electron chi connectivity index (χ0n) is 12.8. The van der Waals surface area contributed by atoms with E-state index in [9.17, 15) is 4.79 Å². The molecule has 0 aliphatic rings. The first-order valence-corrected chi connectivity index (χ1v) is 7.94. The number of allylic oxidation sites excluding steroid dienone is 2. The maximum atomic E-state index is 11.7. The fourth-order valence-electron chi connectivity index (χ4n) is 2.35. The van der Waals surface area contributed by atoms with E-state index in [-0.39, 0.29) is 0 Å². The van der Waals surface area contributed by atoms with Crippen LogP contribution in [0.15, 0.2) is 25.3 Å². The van der Waals surface area contributed by atoms with Crippen molar-refractivity contribution in [3.05, 3.63) is 25.3 Å². The summed E-state index contributed by atoms with van der Waals surface area (Å²) in [6.07, 6.45) is 16.3. The van der Waals surface area contributed by atoms with E-state index in [1.165, 1.54) is 38.5 Å². The summed E-state index contributed by atoms with van der Waals surface area (Å²) in [4.78, 5) is 11.7. The molecule has 0 rings (SSSR count). The highest BCUT2D eigenvalue weighted by molar-refractivity contribution is 5.78. The standard InChI is InChI=1S/C18H32O/c1-4-6-7-8-9-10-11-12-13-15-18(19)16-17(3)14-5-2/h4-5,17H,1-2,6-16H2,3H3/t17-/m0/s1. The molecule has 0 saturated carbocycles. The zero-order chi connectivity index (χ0) is 14.3. The molecule has 0 aromatic carbocycles. The molecule has 1 heteroatoms. The SMILES string of the molecule is C=CCCCCCCCCCC(=O)C[C@@H](C)CC=C. The van der Waals surface area contributed by atoms with Crippen molar-refractivity contribution in [2.75, 3.05) is 0 Å². The van der Waals surface area contributed by atoms with Crippen molar-refractivity contribution in [1.82, 2.24) is 0 Å². The predicted molar refractivity (Wildman–Crippen MR) is 85.4 cm³/mol. The Hall–Kier alpha value is -0.850. The van der Waals surface area contributed by atoms with Crippen LogP contribution in [0.1, 0.15) is 77.6 Å². The van der Waals surface area contributed by atoms with Gasteiger partial charge in [0.25, 0.3) is 0 Å². The summed E-state index contributed by atoms with van der Waals surface area (Å²) < 4.78 is 0. The van der Waals surface area contributed by atoms with Crippen LogP contribution in [0.4, 0.5) is 0 Å². The van der Waals surface area contributed by atoms with Gasteiger partial charge in [-0.05, 0) is 31.6 Å². The molecule has 110 valence electrons. The highest BCUT2D eigenvalue weighted by Gasteiger charge is 2.07. The molecule has 0 aromatic rings. The molecule has 0 spiro atoms. The van der Waals surface area contributed by atoms with Crippen LogP contribution in [0.5, 0.6) is 0 Å². The Bertz CT molecular complexity index is 242. The Morgan fingerprint density at radius 3 is 2.11 bits per heavy atom. The highest BCUT2D eigenvalue weighted by Crippen LogP contribution is 2.13. The minimum atomic E-state index is 0.431. The van der Waals surface area contributed by atoms with Crippen LogP contribution in [0.25, 0.3) is 0 Å². The van der Waals surface area contributed by atoms with Crippen LogP contribution >= 0.6 is 0 Å². The van der Waals surface area contributed by atoms with Crippen LogP contribution in [-0.4, -0.2) is 5.78 Å². The third-order valence-electron chi connectivity index (χ3n) is 3.51. The monoisotopic (exact) mass is 264 g/mol. The summed E-state index contributed by atoms with van der Waals surface area (Å²) in [7, 11) is 0. The second kappa shape index (κ2) is 13.6. The number of rotatable bonds is 14. The molecule has 0 aliphatic heterocycles. The van der Waals surface area contributed by atoms with E-state index in [4.69, 9.17) is 0 Å². The molecular weight excluding hydrogens is 232 g/mol. The van der Waals surface area contributed by atoms with Gasteiger partial charge in [-0.25, -0.2) is 0 Å². The van der Waals surface area contributed by atoms with Crippen LogP contribution in [0.3, 0.4) is 0 Å². The minimum absolute atomic E-state index is 0.431. The predicted octanol–water partition coefficient (Wildman–Crippen LogP) is 5.85. The van der Waals surface area contributed by atoms with Crippen molar-refractivity contribution in [2.24, 2.45) is 5.92 Å². The maximum absolute atomic E-state index is 11.7. The van der Waals surface area contributed by atoms with Gasteiger partial charge in [-0.15, -0.1) is 13.2 Å². The molecule has 0 radical (unpaired) electrons. The molecule has 1 atom stereocenters. The highest BCUT2D eigenvalue weighted by atomic mass is 16.1. The van der Waals surface area contributed by atoms with E-state index in [1.807, 2.05) is 12.2 Å². The summed E-state index contributed by atoms with van der Waals surface area (Å²) in [5.41, 5.74) is 0.